The second kappa shape index (κ2) is 10.2. The summed E-state index contributed by atoms with van der Waals surface area (Å²) in [6.07, 6.45) is 0.291. The lowest BCUT2D eigenvalue weighted by atomic mass is 10.1. The maximum Gasteiger partial charge on any atom is 0.226 e. The first-order valence-electron chi connectivity index (χ1n) is 10.2. The Morgan fingerprint density at radius 1 is 1.00 bits per heavy atom. The zero-order valence-corrected chi connectivity index (χ0v) is 17.8. The van der Waals surface area contributed by atoms with E-state index >= 15 is 0 Å². The van der Waals surface area contributed by atoms with Crippen molar-refractivity contribution in [3.05, 3.63) is 48.0 Å². The number of para-hydroxylation sites is 2. The Hall–Kier alpha value is -2.93. The average Bonchev–Trinajstić information content (AvgIpc) is 2.79. The number of phenolic OH excluding ortho intramolecular Hbond substituents is 1. The minimum atomic E-state index is 0.0730. The van der Waals surface area contributed by atoms with Gasteiger partial charge in [-0.1, -0.05) is 18.2 Å². The van der Waals surface area contributed by atoms with Crippen molar-refractivity contribution < 1.29 is 24.1 Å². The van der Waals surface area contributed by atoms with Gasteiger partial charge in [-0.3, -0.25) is 9.69 Å². The Kier molecular flexibility index (Phi) is 7.41. The van der Waals surface area contributed by atoms with Gasteiger partial charge in [-0.05, 0) is 36.8 Å². The molecule has 1 heterocycles. The molecule has 1 aliphatic heterocycles. The number of methoxy groups -OCH3 is 2. The quantitative estimate of drug-likeness (QED) is 0.716. The van der Waals surface area contributed by atoms with Gasteiger partial charge in [0.1, 0.15) is 0 Å². The maximum atomic E-state index is 12.5. The van der Waals surface area contributed by atoms with Crippen molar-refractivity contribution >= 4 is 5.91 Å². The molecule has 30 heavy (non-hydrogen) atoms. The van der Waals surface area contributed by atoms with E-state index in [2.05, 4.69) is 17.9 Å². The molecule has 0 aliphatic carbocycles. The number of hydrogen-bond acceptors (Lipinski definition) is 6. The van der Waals surface area contributed by atoms with E-state index < -0.39 is 0 Å². The fourth-order valence-electron chi connectivity index (χ4n) is 3.67. The van der Waals surface area contributed by atoms with E-state index in [-0.39, 0.29) is 24.3 Å². The van der Waals surface area contributed by atoms with Crippen molar-refractivity contribution in [2.45, 2.75) is 19.4 Å². The van der Waals surface area contributed by atoms with E-state index in [0.29, 0.717) is 25.3 Å². The summed E-state index contributed by atoms with van der Waals surface area (Å²) in [5.41, 5.74) is 1.16. The lowest BCUT2D eigenvalue weighted by Gasteiger charge is -2.38. The van der Waals surface area contributed by atoms with Gasteiger partial charge < -0.3 is 24.2 Å². The second-order valence-corrected chi connectivity index (χ2v) is 7.27. The van der Waals surface area contributed by atoms with Crippen LogP contribution in [0.1, 0.15) is 24.9 Å². The van der Waals surface area contributed by atoms with Crippen LogP contribution in [0.15, 0.2) is 42.5 Å². The molecule has 1 fully saturated rings. The lowest BCUT2D eigenvalue weighted by Crippen LogP contribution is -2.49. The summed E-state index contributed by atoms with van der Waals surface area (Å²) in [6.45, 7) is 5.40. The zero-order valence-electron chi connectivity index (χ0n) is 17.8. The summed E-state index contributed by atoms with van der Waals surface area (Å²) in [6, 6.07) is 13.0. The zero-order chi connectivity index (χ0) is 21.5. The van der Waals surface area contributed by atoms with Crippen LogP contribution in [-0.4, -0.2) is 67.8 Å². The van der Waals surface area contributed by atoms with Crippen LogP contribution in [0.4, 0.5) is 0 Å². The summed E-state index contributed by atoms with van der Waals surface area (Å²) in [7, 11) is 3.27. The number of hydrogen-bond donors (Lipinski definition) is 1. The van der Waals surface area contributed by atoms with Crippen molar-refractivity contribution in [1.82, 2.24) is 9.80 Å². The monoisotopic (exact) mass is 414 g/mol. The van der Waals surface area contributed by atoms with Crippen LogP contribution in [0.2, 0.25) is 0 Å². The fourth-order valence-corrected chi connectivity index (χ4v) is 3.67. The Morgan fingerprint density at radius 2 is 1.70 bits per heavy atom. The number of carbonyl (C=O) groups excluding carboxylic acids is 1. The van der Waals surface area contributed by atoms with Crippen LogP contribution < -0.4 is 14.2 Å². The van der Waals surface area contributed by atoms with E-state index in [0.717, 1.165) is 30.2 Å². The molecule has 0 bridgehead atoms. The molecule has 1 unspecified atom stereocenters. The molecular weight excluding hydrogens is 384 g/mol. The summed E-state index contributed by atoms with van der Waals surface area (Å²) in [4.78, 5) is 16.8. The van der Waals surface area contributed by atoms with Gasteiger partial charge in [0.2, 0.25) is 5.91 Å². The molecule has 1 aliphatic rings. The number of piperazine rings is 1. The van der Waals surface area contributed by atoms with E-state index in [9.17, 15) is 9.90 Å². The highest BCUT2D eigenvalue weighted by atomic mass is 16.5. The van der Waals surface area contributed by atoms with Crippen LogP contribution in [-0.2, 0) is 4.79 Å². The number of carbonyl (C=O) groups is 1. The highest BCUT2D eigenvalue weighted by Gasteiger charge is 2.25. The minimum Gasteiger partial charge on any atom is -0.504 e. The van der Waals surface area contributed by atoms with Crippen LogP contribution >= 0.6 is 0 Å². The molecule has 2 aromatic rings. The highest BCUT2D eigenvalue weighted by molar-refractivity contribution is 5.76. The number of nitrogens with zero attached hydrogens (tertiary/aromatic N) is 2. The normalized spacial score (nSPS) is 15.5. The van der Waals surface area contributed by atoms with E-state index in [4.69, 9.17) is 14.2 Å². The van der Waals surface area contributed by atoms with Gasteiger partial charge in [-0.2, -0.15) is 0 Å². The largest absolute Gasteiger partial charge is 0.504 e. The van der Waals surface area contributed by atoms with Crippen LogP contribution in [0.5, 0.6) is 23.0 Å². The first-order chi connectivity index (χ1) is 14.5. The van der Waals surface area contributed by atoms with Gasteiger partial charge in [0, 0.05) is 32.2 Å². The van der Waals surface area contributed by atoms with Gasteiger partial charge in [-0.15, -0.1) is 0 Å². The number of benzene rings is 2. The molecule has 7 heteroatoms. The maximum absolute atomic E-state index is 12.5. The average molecular weight is 415 g/mol. The highest BCUT2D eigenvalue weighted by Crippen LogP contribution is 2.32. The van der Waals surface area contributed by atoms with Crippen molar-refractivity contribution in [2.24, 2.45) is 0 Å². The van der Waals surface area contributed by atoms with Crippen LogP contribution in [0.25, 0.3) is 0 Å². The third-order valence-electron chi connectivity index (χ3n) is 5.54. The van der Waals surface area contributed by atoms with Gasteiger partial charge in [0.05, 0.1) is 27.2 Å². The molecule has 1 atom stereocenters. The minimum absolute atomic E-state index is 0.0730. The molecule has 2 aromatic carbocycles. The first-order valence-corrected chi connectivity index (χ1v) is 10.2. The molecule has 3 rings (SSSR count). The number of rotatable bonds is 8. The molecule has 0 aromatic heterocycles. The Bertz CT molecular complexity index is 849. The van der Waals surface area contributed by atoms with Gasteiger partial charge in [0.15, 0.2) is 23.0 Å². The lowest BCUT2D eigenvalue weighted by molar-refractivity contribution is -0.133. The summed E-state index contributed by atoms with van der Waals surface area (Å²) in [5, 5.41) is 9.72. The molecule has 1 saturated heterocycles. The molecule has 7 nitrogen and oxygen atoms in total. The molecule has 1 N–H and O–H groups in total. The van der Waals surface area contributed by atoms with E-state index in [1.165, 1.54) is 0 Å². The van der Waals surface area contributed by atoms with E-state index in [1.807, 2.05) is 17.0 Å². The molecule has 1 amide bonds. The summed E-state index contributed by atoms with van der Waals surface area (Å²) in [5.74, 6) is 2.00. The summed E-state index contributed by atoms with van der Waals surface area (Å²) < 4.78 is 16.3. The van der Waals surface area contributed by atoms with Gasteiger partial charge >= 0.3 is 0 Å². The smallest absolute Gasteiger partial charge is 0.226 e. The third kappa shape index (κ3) is 5.16. The molecule has 0 saturated carbocycles. The number of aromatic hydroxyl groups is 1. The first kappa shape index (κ1) is 21.8. The number of phenols is 1. The van der Waals surface area contributed by atoms with E-state index in [1.54, 1.807) is 38.5 Å². The van der Waals surface area contributed by atoms with Crippen molar-refractivity contribution in [2.75, 3.05) is 47.0 Å². The van der Waals surface area contributed by atoms with Crippen molar-refractivity contribution in [1.29, 1.82) is 0 Å². The van der Waals surface area contributed by atoms with Crippen LogP contribution in [0.3, 0.4) is 0 Å². The molecule has 162 valence electrons. The topological polar surface area (TPSA) is 71.5 Å². The standard InChI is InChI=1S/C23H30N2O5/c1-17(18-8-9-21(28-2)22(16-18)29-3)24-11-13-25(14-12-24)23(27)10-15-30-20-7-5-4-6-19(20)26/h4-9,16-17,26H,10-15H2,1-3H3. The summed E-state index contributed by atoms with van der Waals surface area (Å²) >= 11 is 0. The SMILES string of the molecule is COc1ccc(C(C)N2CCN(C(=O)CCOc3ccccc3O)CC2)cc1OC. The number of amides is 1. The number of ether oxygens (including phenoxy) is 3. The Balaban J connectivity index is 1.48. The predicted molar refractivity (Wildman–Crippen MR) is 114 cm³/mol. The van der Waals surface area contributed by atoms with Crippen molar-refractivity contribution in [3.8, 4) is 23.0 Å². The molecule has 0 radical (unpaired) electrons. The van der Waals surface area contributed by atoms with Crippen LogP contribution in [0, 0.1) is 0 Å². The van der Waals surface area contributed by atoms with Crippen molar-refractivity contribution in [3.63, 3.8) is 0 Å². The second-order valence-electron chi connectivity index (χ2n) is 7.27. The third-order valence-corrected chi connectivity index (χ3v) is 5.54. The Labute approximate surface area is 177 Å². The predicted octanol–water partition coefficient (Wildman–Crippen LogP) is 3.08. The van der Waals surface area contributed by atoms with Gasteiger partial charge in [0.25, 0.3) is 0 Å². The fraction of sp³-hybridized carbons (Fsp3) is 0.435. The molecule has 0 spiro atoms. The van der Waals surface area contributed by atoms with Gasteiger partial charge in [-0.25, -0.2) is 0 Å². The molecular formula is C23H30N2O5. The Morgan fingerprint density at radius 3 is 2.37 bits per heavy atom.